The number of carbonyl (C=O) groups is 2. The molecular weight excluding hydrogens is 526 g/mol. The molecule has 42 heavy (non-hydrogen) atoms. The maximum atomic E-state index is 13.8. The van der Waals surface area contributed by atoms with Crippen molar-refractivity contribution in [1.29, 1.82) is 0 Å². The second-order valence-electron chi connectivity index (χ2n) is 12.3. The van der Waals surface area contributed by atoms with Gasteiger partial charge in [-0.1, -0.05) is 68.4 Å². The minimum absolute atomic E-state index is 0.156. The number of rotatable bonds is 14. The summed E-state index contributed by atoms with van der Waals surface area (Å²) in [6, 6.07) is 24.4. The second-order valence-corrected chi connectivity index (χ2v) is 12.3. The predicted octanol–water partition coefficient (Wildman–Crippen LogP) is 5.76. The van der Waals surface area contributed by atoms with Crippen LogP contribution in [-0.4, -0.2) is 48.5 Å². The zero-order valence-corrected chi connectivity index (χ0v) is 26.1. The van der Waals surface area contributed by atoms with Crippen LogP contribution in [0.25, 0.3) is 0 Å². The predicted molar refractivity (Wildman–Crippen MR) is 168 cm³/mol. The summed E-state index contributed by atoms with van der Waals surface area (Å²) in [4.78, 5) is 29.2. The Bertz CT molecular complexity index is 1250. The molecule has 3 rings (SSSR count). The van der Waals surface area contributed by atoms with Crippen molar-refractivity contribution in [1.82, 2.24) is 15.5 Å². The second kappa shape index (κ2) is 15.4. The van der Waals surface area contributed by atoms with Crippen LogP contribution >= 0.6 is 0 Å². The highest BCUT2D eigenvalue weighted by atomic mass is 16.5. The minimum Gasteiger partial charge on any atom is -0.497 e. The Kier molecular flexibility index (Phi) is 12.0. The van der Waals surface area contributed by atoms with Crippen LogP contribution in [0.1, 0.15) is 57.7 Å². The maximum Gasteiger partial charge on any atom is 0.243 e. The van der Waals surface area contributed by atoms with Gasteiger partial charge in [0, 0.05) is 18.5 Å². The van der Waals surface area contributed by atoms with Gasteiger partial charge in [0.15, 0.2) is 0 Å². The molecule has 226 valence electrons. The van der Waals surface area contributed by atoms with Gasteiger partial charge in [-0.05, 0) is 81.1 Å². The summed E-state index contributed by atoms with van der Waals surface area (Å²) in [6.07, 6.45) is 1.03. The number of hydrogen-bond acceptors (Lipinski definition) is 5. The lowest BCUT2D eigenvalue weighted by Crippen LogP contribution is -2.56. The Morgan fingerprint density at radius 2 is 1.40 bits per heavy atom. The van der Waals surface area contributed by atoms with Crippen LogP contribution in [0, 0.1) is 5.92 Å². The fourth-order valence-electron chi connectivity index (χ4n) is 4.70. The van der Waals surface area contributed by atoms with E-state index in [9.17, 15) is 9.59 Å². The third-order valence-electron chi connectivity index (χ3n) is 6.86. The summed E-state index contributed by atoms with van der Waals surface area (Å²) in [6.45, 7) is 11.1. The molecule has 0 saturated carbocycles. The third kappa shape index (κ3) is 10.9. The fraction of sp³-hybridized carbons (Fsp3) is 0.429. The van der Waals surface area contributed by atoms with E-state index in [1.807, 2.05) is 107 Å². The first-order chi connectivity index (χ1) is 19.9. The van der Waals surface area contributed by atoms with E-state index in [0.29, 0.717) is 31.9 Å². The molecule has 0 aliphatic heterocycles. The number of hydrogen-bond donors (Lipinski definition) is 2. The van der Waals surface area contributed by atoms with Crippen molar-refractivity contribution in [3.63, 3.8) is 0 Å². The molecule has 0 saturated heterocycles. The SMILES string of the molecule is COc1ccc(CN(C)C(CC(C)C)C(=O)NC(Cc2ccc(OCc3ccccc3)cc2)C(=O)NC(C)(C)C)cc1. The third-order valence-corrected chi connectivity index (χ3v) is 6.86. The molecule has 2 amide bonds. The van der Waals surface area contributed by atoms with E-state index < -0.39 is 17.6 Å². The van der Waals surface area contributed by atoms with E-state index in [2.05, 4.69) is 29.4 Å². The number of ether oxygens (including phenoxy) is 2. The topological polar surface area (TPSA) is 79.9 Å². The lowest BCUT2D eigenvalue weighted by atomic mass is 9.99. The van der Waals surface area contributed by atoms with E-state index in [1.165, 1.54) is 0 Å². The quantitative estimate of drug-likeness (QED) is 0.256. The van der Waals surface area contributed by atoms with Crippen molar-refractivity contribution < 1.29 is 19.1 Å². The molecule has 2 unspecified atom stereocenters. The molecule has 0 heterocycles. The van der Waals surface area contributed by atoms with Crippen molar-refractivity contribution in [2.45, 2.75) is 78.2 Å². The highest BCUT2D eigenvalue weighted by Gasteiger charge is 2.30. The standard InChI is InChI=1S/C35H47N3O4/c1-25(2)21-32(38(6)23-27-15-17-29(41-7)18-16-27)34(40)36-31(33(39)37-35(3,4)5)22-26-13-19-30(20-14-26)42-24-28-11-9-8-10-12-28/h8-20,25,31-32H,21-24H2,1-7H3,(H,36,40)(H,37,39). The van der Waals surface area contributed by atoms with Gasteiger partial charge in [-0.25, -0.2) is 0 Å². The van der Waals surface area contributed by atoms with Crippen molar-refractivity contribution in [3.05, 3.63) is 95.6 Å². The molecule has 3 aromatic rings. The van der Waals surface area contributed by atoms with Gasteiger partial charge in [-0.2, -0.15) is 0 Å². The summed E-state index contributed by atoms with van der Waals surface area (Å²) < 4.78 is 11.2. The normalized spacial score (nSPS) is 13.0. The molecule has 3 aromatic carbocycles. The van der Waals surface area contributed by atoms with Gasteiger partial charge in [0.25, 0.3) is 0 Å². The number of nitrogens with zero attached hydrogens (tertiary/aromatic N) is 1. The summed E-state index contributed by atoms with van der Waals surface area (Å²) >= 11 is 0. The van der Waals surface area contributed by atoms with Gasteiger partial charge in [0.05, 0.1) is 13.2 Å². The smallest absolute Gasteiger partial charge is 0.243 e. The van der Waals surface area contributed by atoms with Crippen LogP contribution < -0.4 is 20.1 Å². The number of amides is 2. The molecular formula is C35H47N3O4. The lowest BCUT2D eigenvalue weighted by Gasteiger charge is -2.31. The van der Waals surface area contributed by atoms with Crippen LogP contribution in [0.2, 0.25) is 0 Å². The lowest BCUT2D eigenvalue weighted by molar-refractivity contribution is -0.132. The average molecular weight is 574 g/mol. The zero-order valence-electron chi connectivity index (χ0n) is 26.1. The minimum atomic E-state index is -0.725. The summed E-state index contributed by atoms with van der Waals surface area (Å²) in [5.41, 5.74) is 2.67. The number of carbonyl (C=O) groups excluding carboxylic acids is 2. The number of methoxy groups -OCH3 is 1. The van der Waals surface area contributed by atoms with Crippen LogP contribution in [-0.2, 0) is 29.2 Å². The molecule has 0 spiro atoms. The van der Waals surface area contributed by atoms with Gasteiger partial charge in [0.1, 0.15) is 24.1 Å². The van der Waals surface area contributed by atoms with Crippen molar-refractivity contribution >= 4 is 11.8 Å². The van der Waals surface area contributed by atoms with Gasteiger partial charge < -0.3 is 20.1 Å². The molecule has 0 aliphatic carbocycles. The molecule has 0 fully saturated rings. The number of nitrogens with one attached hydrogen (secondary N) is 2. The van der Waals surface area contributed by atoms with Crippen LogP contribution in [0.3, 0.4) is 0 Å². The molecule has 7 heteroatoms. The largest absolute Gasteiger partial charge is 0.497 e. The van der Waals surface area contributed by atoms with Gasteiger partial charge in [-0.3, -0.25) is 14.5 Å². The first-order valence-corrected chi connectivity index (χ1v) is 14.6. The average Bonchev–Trinajstić information content (AvgIpc) is 2.95. The number of likely N-dealkylation sites (N-methyl/N-ethyl adjacent to an activating group) is 1. The Morgan fingerprint density at radius 1 is 0.810 bits per heavy atom. The van der Waals surface area contributed by atoms with E-state index in [4.69, 9.17) is 9.47 Å². The Hall–Kier alpha value is -3.84. The molecule has 0 bridgehead atoms. The van der Waals surface area contributed by atoms with E-state index in [-0.39, 0.29) is 11.8 Å². The summed E-state index contributed by atoms with van der Waals surface area (Å²) in [7, 11) is 3.60. The first kappa shape index (κ1) is 32.7. The van der Waals surface area contributed by atoms with E-state index in [0.717, 1.165) is 28.2 Å². The number of benzene rings is 3. The Labute approximate surface area is 251 Å². The molecule has 0 aliphatic rings. The highest BCUT2D eigenvalue weighted by Crippen LogP contribution is 2.19. The fourth-order valence-corrected chi connectivity index (χ4v) is 4.70. The van der Waals surface area contributed by atoms with E-state index in [1.54, 1.807) is 7.11 Å². The van der Waals surface area contributed by atoms with Crippen LogP contribution in [0.4, 0.5) is 0 Å². The van der Waals surface area contributed by atoms with Gasteiger partial charge >= 0.3 is 0 Å². The van der Waals surface area contributed by atoms with E-state index >= 15 is 0 Å². The van der Waals surface area contributed by atoms with Gasteiger partial charge in [-0.15, -0.1) is 0 Å². The highest BCUT2D eigenvalue weighted by molar-refractivity contribution is 5.90. The molecule has 2 atom stereocenters. The Balaban J connectivity index is 1.73. The Morgan fingerprint density at radius 3 is 1.98 bits per heavy atom. The summed E-state index contributed by atoms with van der Waals surface area (Å²) in [5, 5.41) is 6.15. The maximum absolute atomic E-state index is 13.8. The molecule has 0 radical (unpaired) electrons. The molecule has 2 N–H and O–H groups in total. The van der Waals surface area contributed by atoms with Gasteiger partial charge in [0.2, 0.25) is 11.8 Å². The van der Waals surface area contributed by atoms with Crippen molar-refractivity contribution in [2.24, 2.45) is 5.92 Å². The monoisotopic (exact) mass is 573 g/mol. The summed E-state index contributed by atoms with van der Waals surface area (Å²) in [5.74, 6) is 1.48. The van der Waals surface area contributed by atoms with Crippen LogP contribution in [0.15, 0.2) is 78.9 Å². The molecule has 7 nitrogen and oxygen atoms in total. The molecule has 0 aromatic heterocycles. The van der Waals surface area contributed by atoms with Crippen molar-refractivity contribution in [2.75, 3.05) is 14.2 Å². The first-order valence-electron chi connectivity index (χ1n) is 14.6. The van der Waals surface area contributed by atoms with Crippen LogP contribution in [0.5, 0.6) is 11.5 Å². The zero-order chi connectivity index (χ0) is 30.7. The van der Waals surface area contributed by atoms with Crippen molar-refractivity contribution in [3.8, 4) is 11.5 Å².